The van der Waals surface area contributed by atoms with E-state index < -0.39 is 0 Å². The monoisotopic (exact) mass is 318 g/mol. The molecule has 0 unspecified atom stereocenters. The lowest BCUT2D eigenvalue weighted by molar-refractivity contribution is -0.130. The first-order valence-electron chi connectivity index (χ1n) is 9.06. The molecule has 1 saturated heterocycles. The first kappa shape index (κ1) is 15.1. The van der Waals surface area contributed by atoms with Gasteiger partial charge in [-0.05, 0) is 18.8 Å². The van der Waals surface area contributed by atoms with Gasteiger partial charge in [-0.3, -0.25) is 9.48 Å². The molecule has 6 heteroatoms. The van der Waals surface area contributed by atoms with Crippen LogP contribution in [0.5, 0.6) is 0 Å². The van der Waals surface area contributed by atoms with Crippen molar-refractivity contribution in [2.24, 2.45) is 17.8 Å². The molecular formula is C17H26N4O2. The van der Waals surface area contributed by atoms with Gasteiger partial charge in [-0.15, -0.1) is 0 Å². The third kappa shape index (κ3) is 3.01. The SMILES string of the molecule is O=C(CCCn1cncn1)N[C@H]1[C@@H]2CCO[C@@H]2[C@@H]1C1CCCC1. The maximum absolute atomic E-state index is 12.3. The first-order valence-corrected chi connectivity index (χ1v) is 9.06. The van der Waals surface area contributed by atoms with Gasteiger partial charge >= 0.3 is 0 Å². The Morgan fingerprint density at radius 2 is 2.17 bits per heavy atom. The van der Waals surface area contributed by atoms with E-state index in [0.717, 1.165) is 31.9 Å². The maximum atomic E-state index is 12.3. The van der Waals surface area contributed by atoms with Crippen LogP contribution < -0.4 is 5.32 Å². The normalized spacial score (nSPS) is 33.4. The molecule has 23 heavy (non-hydrogen) atoms. The van der Waals surface area contributed by atoms with Crippen molar-refractivity contribution in [2.75, 3.05) is 6.61 Å². The summed E-state index contributed by atoms with van der Waals surface area (Å²) in [5.41, 5.74) is 0. The number of fused-ring (bicyclic) bond motifs is 1. The minimum absolute atomic E-state index is 0.184. The van der Waals surface area contributed by atoms with Crippen molar-refractivity contribution in [1.29, 1.82) is 0 Å². The molecule has 0 spiro atoms. The van der Waals surface area contributed by atoms with Crippen LogP contribution in [0.3, 0.4) is 0 Å². The molecule has 1 aromatic heterocycles. The summed E-state index contributed by atoms with van der Waals surface area (Å²) in [6.07, 6.45) is 11.4. The van der Waals surface area contributed by atoms with Crippen LogP contribution >= 0.6 is 0 Å². The topological polar surface area (TPSA) is 69.0 Å². The first-order chi connectivity index (χ1) is 11.3. The van der Waals surface area contributed by atoms with Gasteiger partial charge in [-0.1, -0.05) is 25.7 Å². The summed E-state index contributed by atoms with van der Waals surface area (Å²) >= 11 is 0. The van der Waals surface area contributed by atoms with Crippen LogP contribution in [0, 0.1) is 17.8 Å². The lowest BCUT2D eigenvalue weighted by atomic mass is 9.61. The van der Waals surface area contributed by atoms with E-state index in [1.807, 2.05) is 0 Å². The molecule has 3 aliphatic rings. The standard InChI is InChI=1S/C17H26N4O2/c22-14(6-3-8-21-11-18-10-19-21)20-16-13-7-9-23-17(13)15(16)12-4-1-2-5-12/h10-13,15-17H,1-9H2,(H,20,22)/t13-,15+,16-,17-/m0/s1. The molecular weight excluding hydrogens is 292 g/mol. The quantitative estimate of drug-likeness (QED) is 0.868. The highest BCUT2D eigenvalue weighted by Gasteiger charge is 2.56. The Kier molecular flexibility index (Phi) is 4.33. The molecule has 0 radical (unpaired) electrons. The molecule has 0 aromatic carbocycles. The summed E-state index contributed by atoms with van der Waals surface area (Å²) < 4.78 is 7.73. The summed E-state index contributed by atoms with van der Waals surface area (Å²) in [5, 5.41) is 7.40. The molecule has 0 bridgehead atoms. The van der Waals surface area contributed by atoms with Crippen LogP contribution in [0.25, 0.3) is 0 Å². The zero-order valence-electron chi connectivity index (χ0n) is 13.6. The largest absolute Gasteiger partial charge is 0.377 e. The summed E-state index contributed by atoms with van der Waals surface area (Å²) in [4.78, 5) is 16.2. The number of amides is 1. The summed E-state index contributed by atoms with van der Waals surface area (Å²) in [6.45, 7) is 1.62. The van der Waals surface area contributed by atoms with Gasteiger partial charge in [0.1, 0.15) is 12.7 Å². The van der Waals surface area contributed by atoms with E-state index in [4.69, 9.17) is 4.74 Å². The number of aromatic nitrogens is 3. The number of aryl methyl sites for hydroxylation is 1. The number of nitrogens with one attached hydrogen (secondary N) is 1. The Balaban J connectivity index is 1.28. The van der Waals surface area contributed by atoms with E-state index in [2.05, 4.69) is 15.4 Å². The Morgan fingerprint density at radius 1 is 1.30 bits per heavy atom. The number of hydrogen-bond acceptors (Lipinski definition) is 4. The van der Waals surface area contributed by atoms with Gasteiger partial charge in [-0.25, -0.2) is 4.98 Å². The second kappa shape index (κ2) is 6.59. The third-order valence-corrected chi connectivity index (χ3v) is 5.97. The van der Waals surface area contributed by atoms with E-state index >= 15 is 0 Å². The van der Waals surface area contributed by atoms with Gasteiger partial charge in [-0.2, -0.15) is 5.10 Å². The van der Waals surface area contributed by atoms with Gasteiger partial charge in [0.05, 0.1) is 6.10 Å². The van der Waals surface area contributed by atoms with Crippen molar-refractivity contribution >= 4 is 5.91 Å². The van der Waals surface area contributed by atoms with Crippen LogP contribution in [-0.4, -0.2) is 39.4 Å². The molecule has 1 aromatic rings. The molecule has 3 fully saturated rings. The highest BCUT2D eigenvalue weighted by molar-refractivity contribution is 5.76. The van der Waals surface area contributed by atoms with Crippen LogP contribution in [-0.2, 0) is 16.1 Å². The molecule has 4 rings (SSSR count). The van der Waals surface area contributed by atoms with Crippen molar-refractivity contribution in [3.8, 4) is 0 Å². The molecule has 126 valence electrons. The fourth-order valence-electron chi connectivity index (χ4n) is 4.87. The summed E-state index contributed by atoms with van der Waals surface area (Å²) in [6, 6.07) is 0.351. The minimum atomic E-state index is 0.184. The molecule has 4 atom stereocenters. The van der Waals surface area contributed by atoms with E-state index in [1.165, 1.54) is 32.0 Å². The molecule has 2 aliphatic carbocycles. The van der Waals surface area contributed by atoms with Crippen LogP contribution in [0.4, 0.5) is 0 Å². The van der Waals surface area contributed by atoms with Crippen molar-refractivity contribution in [3.63, 3.8) is 0 Å². The average molecular weight is 318 g/mol. The fraction of sp³-hybridized carbons (Fsp3) is 0.824. The smallest absolute Gasteiger partial charge is 0.220 e. The maximum Gasteiger partial charge on any atom is 0.220 e. The molecule has 2 saturated carbocycles. The molecule has 1 amide bonds. The minimum Gasteiger partial charge on any atom is -0.377 e. The third-order valence-electron chi connectivity index (χ3n) is 5.97. The molecule has 6 nitrogen and oxygen atoms in total. The van der Waals surface area contributed by atoms with Gasteiger partial charge in [0, 0.05) is 37.5 Å². The predicted octanol–water partition coefficient (Wildman–Crippen LogP) is 1.77. The molecule has 1 aliphatic heterocycles. The molecule has 1 N–H and O–H groups in total. The average Bonchev–Trinajstić information content (AvgIpc) is 3.27. The molecule has 2 heterocycles. The number of nitrogens with zero attached hydrogens (tertiary/aromatic N) is 3. The Hall–Kier alpha value is -1.43. The lowest BCUT2D eigenvalue weighted by Crippen LogP contribution is -2.63. The second-order valence-electron chi connectivity index (χ2n) is 7.27. The highest BCUT2D eigenvalue weighted by atomic mass is 16.5. The number of carbonyl (C=O) groups is 1. The summed E-state index contributed by atoms with van der Waals surface area (Å²) in [5.74, 6) is 2.06. The van der Waals surface area contributed by atoms with Crippen LogP contribution in [0.15, 0.2) is 12.7 Å². The Labute approximate surface area is 137 Å². The van der Waals surface area contributed by atoms with Gasteiger partial charge < -0.3 is 10.1 Å². The number of rotatable bonds is 6. The summed E-state index contributed by atoms with van der Waals surface area (Å²) in [7, 11) is 0. The number of hydrogen-bond donors (Lipinski definition) is 1. The highest BCUT2D eigenvalue weighted by Crippen LogP contribution is 2.51. The van der Waals surface area contributed by atoms with Gasteiger partial charge in [0.2, 0.25) is 5.91 Å². The van der Waals surface area contributed by atoms with E-state index in [1.54, 1.807) is 11.0 Å². The van der Waals surface area contributed by atoms with Gasteiger partial charge in [0.15, 0.2) is 0 Å². The van der Waals surface area contributed by atoms with Crippen LogP contribution in [0.2, 0.25) is 0 Å². The van der Waals surface area contributed by atoms with Crippen molar-refractivity contribution in [2.45, 2.75) is 63.6 Å². The van der Waals surface area contributed by atoms with Crippen molar-refractivity contribution in [1.82, 2.24) is 20.1 Å². The van der Waals surface area contributed by atoms with Crippen molar-refractivity contribution in [3.05, 3.63) is 12.7 Å². The zero-order chi connectivity index (χ0) is 15.6. The number of carbonyl (C=O) groups excluding carboxylic acids is 1. The Morgan fingerprint density at radius 3 is 2.96 bits per heavy atom. The second-order valence-corrected chi connectivity index (χ2v) is 7.27. The fourth-order valence-corrected chi connectivity index (χ4v) is 4.87. The van der Waals surface area contributed by atoms with Crippen LogP contribution in [0.1, 0.15) is 44.9 Å². The lowest BCUT2D eigenvalue weighted by Gasteiger charge is -2.50. The number of ether oxygens (including phenoxy) is 1. The van der Waals surface area contributed by atoms with Crippen molar-refractivity contribution < 1.29 is 9.53 Å². The Bertz CT molecular complexity index is 522. The zero-order valence-corrected chi connectivity index (χ0v) is 13.6. The van der Waals surface area contributed by atoms with E-state index in [0.29, 0.717) is 30.4 Å². The van der Waals surface area contributed by atoms with E-state index in [9.17, 15) is 4.79 Å². The van der Waals surface area contributed by atoms with E-state index in [-0.39, 0.29) is 5.91 Å². The predicted molar refractivity (Wildman–Crippen MR) is 84.5 cm³/mol. The van der Waals surface area contributed by atoms with Gasteiger partial charge in [0.25, 0.3) is 0 Å².